The summed E-state index contributed by atoms with van der Waals surface area (Å²) in [6.07, 6.45) is -0.285. The molecule has 1 N–H and O–H groups in total. The molecule has 0 unspecified atom stereocenters. The minimum atomic E-state index is -0.374. The molecule has 138 valence electrons. The number of ketones is 1. The lowest BCUT2D eigenvalue weighted by Gasteiger charge is -2.14. The van der Waals surface area contributed by atoms with Gasteiger partial charge in [0, 0.05) is 11.3 Å². The van der Waals surface area contributed by atoms with Crippen molar-refractivity contribution in [2.75, 3.05) is 26.6 Å². The van der Waals surface area contributed by atoms with Crippen LogP contribution < -0.4 is 19.5 Å². The third kappa shape index (κ3) is 4.14. The predicted octanol–water partition coefficient (Wildman–Crippen LogP) is 3.54. The van der Waals surface area contributed by atoms with Crippen molar-refractivity contribution >= 4 is 17.4 Å². The monoisotopic (exact) mass is 357 g/mol. The number of amides is 1. The minimum Gasteiger partial charge on any atom is -0.493 e. The highest BCUT2D eigenvalue weighted by atomic mass is 16.5. The van der Waals surface area contributed by atoms with E-state index in [-0.39, 0.29) is 18.1 Å². The smallest absolute Gasteiger partial charge is 0.232 e. The fourth-order valence-corrected chi connectivity index (χ4v) is 2.69. The van der Waals surface area contributed by atoms with Crippen molar-refractivity contribution in [3.8, 4) is 17.2 Å². The van der Waals surface area contributed by atoms with E-state index in [0.29, 0.717) is 22.8 Å². The van der Waals surface area contributed by atoms with Crippen LogP contribution in [0.15, 0.2) is 30.3 Å². The molecule has 0 spiro atoms. The number of anilines is 1. The maximum Gasteiger partial charge on any atom is 0.232 e. The Balaban J connectivity index is 2.20. The van der Waals surface area contributed by atoms with Crippen LogP contribution in [0, 0.1) is 13.8 Å². The summed E-state index contributed by atoms with van der Waals surface area (Å²) >= 11 is 0. The Labute approximate surface area is 153 Å². The summed E-state index contributed by atoms with van der Waals surface area (Å²) in [5.41, 5.74) is 2.93. The van der Waals surface area contributed by atoms with Crippen LogP contribution in [-0.4, -0.2) is 33.0 Å². The van der Waals surface area contributed by atoms with E-state index in [1.807, 2.05) is 32.0 Å². The second-order valence-corrected chi connectivity index (χ2v) is 5.83. The van der Waals surface area contributed by atoms with Gasteiger partial charge in [-0.15, -0.1) is 0 Å². The Kier molecular flexibility index (Phi) is 6.22. The molecule has 0 atom stereocenters. The third-order valence-corrected chi connectivity index (χ3v) is 4.05. The number of rotatable bonds is 7. The van der Waals surface area contributed by atoms with Gasteiger partial charge in [0.2, 0.25) is 11.7 Å². The average molecular weight is 357 g/mol. The Morgan fingerprint density at radius 1 is 0.923 bits per heavy atom. The number of nitrogens with one attached hydrogen (secondary N) is 1. The molecule has 6 nitrogen and oxygen atoms in total. The molecule has 2 rings (SSSR count). The SMILES string of the molecule is COc1cc(C(=O)CC(=O)Nc2c(C)cccc2C)cc(OC)c1OC. The van der Waals surface area contributed by atoms with E-state index in [1.165, 1.54) is 33.5 Å². The number of carbonyl (C=O) groups excluding carboxylic acids is 2. The first-order valence-electron chi connectivity index (χ1n) is 8.10. The van der Waals surface area contributed by atoms with Gasteiger partial charge < -0.3 is 19.5 Å². The first-order valence-corrected chi connectivity index (χ1v) is 8.10. The van der Waals surface area contributed by atoms with Crippen molar-refractivity contribution in [2.24, 2.45) is 0 Å². The highest BCUT2D eigenvalue weighted by Crippen LogP contribution is 2.38. The van der Waals surface area contributed by atoms with E-state index in [9.17, 15) is 9.59 Å². The number of hydrogen-bond donors (Lipinski definition) is 1. The van der Waals surface area contributed by atoms with E-state index < -0.39 is 0 Å². The Morgan fingerprint density at radius 2 is 1.46 bits per heavy atom. The molecule has 2 aromatic carbocycles. The molecule has 0 aromatic heterocycles. The Morgan fingerprint density at radius 3 is 1.92 bits per heavy atom. The summed E-state index contributed by atoms with van der Waals surface area (Å²) in [4.78, 5) is 24.9. The molecule has 2 aromatic rings. The van der Waals surface area contributed by atoms with Gasteiger partial charge in [-0.25, -0.2) is 0 Å². The first kappa shape index (κ1) is 19.3. The Bertz CT molecular complexity index is 784. The predicted molar refractivity (Wildman–Crippen MR) is 99.6 cm³/mol. The number of para-hydroxylation sites is 1. The van der Waals surface area contributed by atoms with Crippen LogP contribution in [0.2, 0.25) is 0 Å². The molecular weight excluding hydrogens is 334 g/mol. The van der Waals surface area contributed by atoms with Gasteiger partial charge in [0.1, 0.15) is 0 Å². The summed E-state index contributed by atoms with van der Waals surface area (Å²) in [5, 5.41) is 2.81. The van der Waals surface area contributed by atoms with Crippen LogP contribution in [-0.2, 0) is 4.79 Å². The topological polar surface area (TPSA) is 73.9 Å². The molecule has 0 bridgehead atoms. The van der Waals surface area contributed by atoms with Gasteiger partial charge in [-0.2, -0.15) is 0 Å². The molecule has 0 aliphatic heterocycles. The summed E-state index contributed by atoms with van der Waals surface area (Å²) in [6.45, 7) is 3.81. The van der Waals surface area contributed by atoms with Crippen LogP contribution in [0.25, 0.3) is 0 Å². The van der Waals surface area contributed by atoms with E-state index in [1.54, 1.807) is 0 Å². The molecule has 0 fully saturated rings. The lowest BCUT2D eigenvalue weighted by molar-refractivity contribution is -0.115. The summed E-state index contributed by atoms with van der Waals surface area (Å²) in [7, 11) is 4.43. The van der Waals surface area contributed by atoms with Gasteiger partial charge in [0.05, 0.1) is 27.8 Å². The second kappa shape index (κ2) is 8.38. The number of ether oxygens (including phenoxy) is 3. The molecule has 0 radical (unpaired) electrons. The maximum atomic E-state index is 12.5. The molecule has 0 aliphatic carbocycles. The highest BCUT2D eigenvalue weighted by molar-refractivity contribution is 6.11. The number of aryl methyl sites for hydroxylation is 2. The van der Waals surface area contributed by atoms with Crippen molar-refractivity contribution in [3.05, 3.63) is 47.0 Å². The average Bonchev–Trinajstić information content (AvgIpc) is 2.63. The van der Waals surface area contributed by atoms with Crippen molar-refractivity contribution in [1.82, 2.24) is 0 Å². The van der Waals surface area contributed by atoms with Gasteiger partial charge >= 0.3 is 0 Å². The van der Waals surface area contributed by atoms with E-state index in [4.69, 9.17) is 14.2 Å². The zero-order valence-electron chi connectivity index (χ0n) is 15.6. The fourth-order valence-electron chi connectivity index (χ4n) is 2.69. The summed E-state index contributed by atoms with van der Waals surface area (Å²) in [6, 6.07) is 8.81. The number of methoxy groups -OCH3 is 3. The van der Waals surface area contributed by atoms with Crippen molar-refractivity contribution in [2.45, 2.75) is 20.3 Å². The molecule has 0 heterocycles. The van der Waals surface area contributed by atoms with Gasteiger partial charge in [-0.3, -0.25) is 9.59 Å². The number of carbonyl (C=O) groups is 2. The quantitative estimate of drug-likeness (QED) is 0.606. The molecule has 1 amide bonds. The number of hydrogen-bond acceptors (Lipinski definition) is 5. The van der Waals surface area contributed by atoms with E-state index >= 15 is 0 Å². The normalized spacial score (nSPS) is 10.2. The lowest BCUT2D eigenvalue weighted by Crippen LogP contribution is -2.18. The second-order valence-electron chi connectivity index (χ2n) is 5.83. The van der Waals surface area contributed by atoms with Gasteiger partial charge in [-0.1, -0.05) is 18.2 Å². The first-order chi connectivity index (χ1) is 12.4. The number of benzene rings is 2. The van der Waals surface area contributed by atoms with Crippen molar-refractivity contribution < 1.29 is 23.8 Å². The fraction of sp³-hybridized carbons (Fsp3) is 0.300. The van der Waals surface area contributed by atoms with Gasteiger partial charge in [-0.05, 0) is 37.1 Å². The largest absolute Gasteiger partial charge is 0.493 e. The third-order valence-electron chi connectivity index (χ3n) is 4.05. The zero-order valence-corrected chi connectivity index (χ0v) is 15.6. The standard InChI is InChI=1S/C20H23NO5/c1-12-7-6-8-13(2)19(12)21-18(23)11-15(22)14-9-16(24-3)20(26-5)17(10-14)25-4/h6-10H,11H2,1-5H3,(H,21,23). The van der Waals surface area contributed by atoms with E-state index in [2.05, 4.69) is 5.32 Å². The van der Waals surface area contributed by atoms with Crippen LogP contribution in [0.3, 0.4) is 0 Å². The van der Waals surface area contributed by atoms with Gasteiger partial charge in [0.25, 0.3) is 0 Å². The van der Waals surface area contributed by atoms with Crippen LogP contribution in [0.1, 0.15) is 27.9 Å². The van der Waals surface area contributed by atoms with Gasteiger partial charge in [0.15, 0.2) is 17.3 Å². The van der Waals surface area contributed by atoms with Crippen molar-refractivity contribution in [1.29, 1.82) is 0 Å². The molecule has 0 saturated carbocycles. The maximum absolute atomic E-state index is 12.5. The van der Waals surface area contributed by atoms with E-state index in [0.717, 1.165) is 16.8 Å². The summed E-state index contributed by atoms with van der Waals surface area (Å²) in [5.74, 6) is 0.413. The molecular formula is C20H23NO5. The van der Waals surface area contributed by atoms with Crippen molar-refractivity contribution in [3.63, 3.8) is 0 Å². The van der Waals surface area contributed by atoms with Crippen LogP contribution in [0.5, 0.6) is 17.2 Å². The summed E-state index contributed by atoms with van der Waals surface area (Å²) < 4.78 is 15.7. The molecule has 0 aliphatic rings. The molecule has 0 saturated heterocycles. The molecule has 26 heavy (non-hydrogen) atoms. The minimum absolute atomic E-state index is 0.285. The Hall–Kier alpha value is -3.02. The van der Waals surface area contributed by atoms with Crippen LogP contribution in [0.4, 0.5) is 5.69 Å². The highest BCUT2D eigenvalue weighted by Gasteiger charge is 2.19. The number of Topliss-reactive ketones (excluding diaryl/α,β-unsaturated/α-hetero) is 1. The van der Waals surface area contributed by atoms with Crippen LogP contribution >= 0.6 is 0 Å². The lowest BCUT2D eigenvalue weighted by atomic mass is 10.1. The zero-order chi connectivity index (χ0) is 19.3. The molecule has 6 heteroatoms.